The topological polar surface area (TPSA) is 89.4 Å². The minimum absolute atomic E-state index is 0.00463. The number of ether oxygens (including phenoxy) is 1. The van der Waals surface area contributed by atoms with Gasteiger partial charge in [-0.1, -0.05) is 23.9 Å². The van der Waals surface area contributed by atoms with Gasteiger partial charge in [0.05, 0.1) is 13.5 Å². The lowest BCUT2D eigenvalue weighted by Gasteiger charge is -2.03. The van der Waals surface area contributed by atoms with Crippen LogP contribution in [0.25, 0.3) is 0 Å². The number of carbonyl (C=O) groups excluding carboxylic acids is 1. The first-order valence-electron chi connectivity index (χ1n) is 5.98. The van der Waals surface area contributed by atoms with E-state index in [0.717, 1.165) is 10.5 Å². The minimum Gasteiger partial charge on any atom is -0.481 e. The van der Waals surface area contributed by atoms with Crippen LogP contribution in [0.4, 0.5) is 0 Å². The van der Waals surface area contributed by atoms with E-state index >= 15 is 0 Å². The summed E-state index contributed by atoms with van der Waals surface area (Å²) in [7, 11) is 1.27. The Labute approximate surface area is 125 Å². The Balaban J connectivity index is 2.11. The summed E-state index contributed by atoms with van der Waals surface area (Å²) in [4.78, 5) is 30.8. The third-order valence-electron chi connectivity index (χ3n) is 2.50. The molecule has 0 radical (unpaired) electrons. The number of carboxylic acid groups (broad SMARTS) is 1. The molecule has 1 aromatic heterocycles. The summed E-state index contributed by atoms with van der Waals surface area (Å²) >= 11 is 1.35. The first kappa shape index (κ1) is 15.0. The fourth-order valence-electron chi connectivity index (χ4n) is 1.56. The first-order valence-corrected chi connectivity index (χ1v) is 6.80. The van der Waals surface area contributed by atoms with Crippen molar-refractivity contribution in [1.29, 1.82) is 0 Å². The number of aliphatic carboxylic acids is 1. The molecule has 0 atom stereocenters. The summed E-state index contributed by atoms with van der Waals surface area (Å²) in [6, 6.07) is 8.80. The van der Waals surface area contributed by atoms with Gasteiger partial charge >= 0.3 is 11.9 Å². The van der Waals surface area contributed by atoms with Crippen LogP contribution in [0.5, 0.6) is 0 Å². The molecule has 0 bridgehead atoms. The van der Waals surface area contributed by atoms with E-state index in [2.05, 4.69) is 14.7 Å². The third-order valence-corrected chi connectivity index (χ3v) is 3.44. The average Bonchev–Trinajstić information content (AvgIpc) is 2.48. The SMILES string of the molecule is COC(=O)c1nccc(Sc2ccc(CC(=O)O)cc2)n1. The van der Waals surface area contributed by atoms with Gasteiger partial charge in [-0.05, 0) is 23.8 Å². The van der Waals surface area contributed by atoms with Crippen molar-refractivity contribution in [3.05, 3.63) is 47.9 Å². The normalized spacial score (nSPS) is 10.1. The van der Waals surface area contributed by atoms with Crippen molar-refractivity contribution in [1.82, 2.24) is 9.97 Å². The van der Waals surface area contributed by atoms with Gasteiger partial charge in [0.1, 0.15) is 5.03 Å². The summed E-state index contributed by atoms with van der Waals surface area (Å²) in [5, 5.41) is 9.32. The highest BCUT2D eigenvalue weighted by atomic mass is 32.2. The molecule has 2 aromatic rings. The molecule has 21 heavy (non-hydrogen) atoms. The minimum atomic E-state index is -0.867. The Bertz CT molecular complexity index is 658. The summed E-state index contributed by atoms with van der Waals surface area (Å²) in [5.74, 6) is -1.45. The van der Waals surface area contributed by atoms with E-state index < -0.39 is 11.9 Å². The number of benzene rings is 1. The number of hydrogen-bond acceptors (Lipinski definition) is 6. The number of methoxy groups -OCH3 is 1. The van der Waals surface area contributed by atoms with Crippen LogP contribution in [0.1, 0.15) is 16.2 Å². The Morgan fingerprint density at radius 3 is 2.57 bits per heavy atom. The predicted octanol–water partition coefficient (Wildman–Crippen LogP) is 2.04. The highest BCUT2D eigenvalue weighted by Crippen LogP contribution is 2.26. The van der Waals surface area contributed by atoms with Gasteiger partial charge in [-0.2, -0.15) is 0 Å². The number of carboxylic acids is 1. The number of rotatable bonds is 5. The zero-order valence-electron chi connectivity index (χ0n) is 11.1. The second-order valence-electron chi connectivity index (χ2n) is 4.03. The monoisotopic (exact) mass is 304 g/mol. The molecule has 6 nitrogen and oxygen atoms in total. The molecule has 108 valence electrons. The summed E-state index contributed by atoms with van der Waals surface area (Å²) in [5.41, 5.74) is 0.727. The van der Waals surface area contributed by atoms with Gasteiger partial charge in [-0.3, -0.25) is 4.79 Å². The van der Waals surface area contributed by atoms with Gasteiger partial charge in [0.2, 0.25) is 5.82 Å². The Morgan fingerprint density at radius 2 is 1.95 bits per heavy atom. The second kappa shape index (κ2) is 6.85. The molecule has 1 heterocycles. The summed E-state index contributed by atoms with van der Waals surface area (Å²) in [6.07, 6.45) is 1.48. The van der Waals surface area contributed by atoms with Crippen LogP contribution in [0.2, 0.25) is 0 Å². The maximum absolute atomic E-state index is 11.4. The van der Waals surface area contributed by atoms with Gasteiger partial charge in [-0.15, -0.1) is 0 Å². The van der Waals surface area contributed by atoms with Crippen LogP contribution in [-0.2, 0) is 16.0 Å². The Morgan fingerprint density at radius 1 is 1.24 bits per heavy atom. The van der Waals surface area contributed by atoms with E-state index in [9.17, 15) is 9.59 Å². The highest BCUT2D eigenvalue weighted by Gasteiger charge is 2.10. The highest BCUT2D eigenvalue weighted by molar-refractivity contribution is 7.99. The zero-order valence-corrected chi connectivity index (χ0v) is 12.0. The van der Waals surface area contributed by atoms with E-state index in [1.807, 2.05) is 12.1 Å². The van der Waals surface area contributed by atoms with Gasteiger partial charge in [-0.25, -0.2) is 14.8 Å². The smallest absolute Gasteiger partial charge is 0.376 e. The lowest BCUT2D eigenvalue weighted by Crippen LogP contribution is -2.07. The quantitative estimate of drug-likeness (QED) is 0.667. The van der Waals surface area contributed by atoms with Crippen LogP contribution in [-0.4, -0.2) is 34.1 Å². The van der Waals surface area contributed by atoms with Gasteiger partial charge < -0.3 is 9.84 Å². The molecular formula is C14H12N2O4S. The largest absolute Gasteiger partial charge is 0.481 e. The van der Waals surface area contributed by atoms with E-state index in [1.165, 1.54) is 25.1 Å². The molecule has 0 aliphatic carbocycles. The van der Waals surface area contributed by atoms with Crippen LogP contribution in [0.15, 0.2) is 46.5 Å². The molecule has 0 fully saturated rings. The van der Waals surface area contributed by atoms with Crippen molar-refractivity contribution < 1.29 is 19.4 Å². The number of esters is 1. The number of aromatic nitrogens is 2. The van der Waals surface area contributed by atoms with Gasteiger partial charge in [0.25, 0.3) is 0 Å². The Hall–Kier alpha value is -2.41. The molecule has 0 aliphatic rings. The molecule has 0 amide bonds. The van der Waals surface area contributed by atoms with Crippen molar-refractivity contribution in [2.24, 2.45) is 0 Å². The van der Waals surface area contributed by atoms with E-state index in [1.54, 1.807) is 18.2 Å². The lowest BCUT2D eigenvalue weighted by molar-refractivity contribution is -0.136. The molecule has 0 aliphatic heterocycles. The van der Waals surface area contributed by atoms with E-state index in [4.69, 9.17) is 5.11 Å². The molecule has 0 saturated carbocycles. The van der Waals surface area contributed by atoms with Crippen LogP contribution in [0.3, 0.4) is 0 Å². The van der Waals surface area contributed by atoms with Crippen molar-refractivity contribution >= 4 is 23.7 Å². The fourth-order valence-corrected chi connectivity index (χ4v) is 2.33. The average molecular weight is 304 g/mol. The van der Waals surface area contributed by atoms with Crippen LogP contribution < -0.4 is 0 Å². The standard InChI is InChI=1S/C14H12N2O4S/c1-20-14(19)13-15-7-6-11(16-13)21-10-4-2-9(3-5-10)8-12(17)18/h2-7H,8H2,1H3,(H,17,18). The maximum atomic E-state index is 11.4. The zero-order chi connectivity index (χ0) is 15.2. The summed E-state index contributed by atoms with van der Waals surface area (Å²) in [6.45, 7) is 0. The third kappa shape index (κ3) is 4.28. The maximum Gasteiger partial charge on any atom is 0.376 e. The van der Waals surface area contributed by atoms with Crippen LogP contribution >= 0.6 is 11.8 Å². The van der Waals surface area contributed by atoms with E-state index in [0.29, 0.717) is 5.03 Å². The fraction of sp³-hybridized carbons (Fsp3) is 0.143. The first-order chi connectivity index (χ1) is 10.1. The van der Waals surface area contributed by atoms with E-state index in [-0.39, 0.29) is 12.2 Å². The molecule has 0 saturated heterocycles. The number of carbonyl (C=O) groups is 2. The second-order valence-corrected chi connectivity index (χ2v) is 5.12. The lowest BCUT2D eigenvalue weighted by atomic mass is 10.2. The van der Waals surface area contributed by atoms with Crippen molar-refractivity contribution in [2.75, 3.05) is 7.11 Å². The van der Waals surface area contributed by atoms with Gasteiger partial charge in [0.15, 0.2) is 0 Å². The summed E-state index contributed by atoms with van der Waals surface area (Å²) < 4.78 is 4.57. The molecule has 1 aromatic carbocycles. The van der Waals surface area contributed by atoms with Gasteiger partial charge in [0, 0.05) is 11.1 Å². The molecule has 7 heteroatoms. The number of hydrogen-bond donors (Lipinski definition) is 1. The molecule has 0 spiro atoms. The molecule has 2 rings (SSSR count). The molecule has 1 N–H and O–H groups in total. The molecular weight excluding hydrogens is 292 g/mol. The number of nitrogens with zero attached hydrogens (tertiary/aromatic N) is 2. The molecule has 0 unspecified atom stereocenters. The predicted molar refractivity (Wildman–Crippen MR) is 75.3 cm³/mol. The Kier molecular flexibility index (Phi) is 4.89. The van der Waals surface area contributed by atoms with Crippen molar-refractivity contribution in [3.63, 3.8) is 0 Å². The van der Waals surface area contributed by atoms with Crippen LogP contribution in [0, 0.1) is 0 Å². The van der Waals surface area contributed by atoms with Crippen molar-refractivity contribution in [3.8, 4) is 0 Å². The van der Waals surface area contributed by atoms with Crippen molar-refractivity contribution in [2.45, 2.75) is 16.3 Å².